The lowest BCUT2D eigenvalue weighted by Crippen LogP contribution is -2.48. The zero-order valence-electron chi connectivity index (χ0n) is 30.6. The van der Waals surface area contributed by atoms with Gasteiger partial charge < -0.3 is 39.7 Å². The maximum atomic E-state index is 9.82. The number of benzene rings is 4. The molecule has 0 aromatic heterocycles. The van der Waals surface area contributed by atoms with E-state index in [-0.39, 0.29) is 19.3 Å². The Balaban J connectivity index is 1.31. The van der Waals surface area contributed by atoms with E-state index in [1.165, 1.54) is 11.1 Å². The molecule has 274 valence electrons. The number of β-amino-alcohol motifs (C(OH)–C–C–N with tert-alkyl or cyclic N) is 1. The van der Waals surface area contributed by atoms with Crippen LogP contribution >= 0.6 is 11.6 Å². The van der Waals surface area contributed by atoms with Crippen LogP contribution in [-0.4, -0.2) is 71.3 Å². The summed E-state index contributed by atoms with van der Waals surface area (Å²) in [6.45, 7) is 13.9. The highest BCUT2D eigenvalue weighted by atomic mass is 35.5. The highest BCUT2D eigenvalue weighted by Gasteiger charge is 2.23. The molecule has 1 fully saturated rings. The van der Waals surface area contributed by atoms with Gasteiger partial charge in [-0.1, -0.05) is 60.1 Å². The van der Waals surface area contributed by atoms with Crippen molar-refractivity contribution in [1.82, 2.24) is 10.2 Å². The molecule has 4 aromatic carbocycles. The second-order valence-electron chi connectivity index (χ2n) is 14.1. The van der Waals surface area contributed by atoms with Gasteiger partial charge in [-0.15, -0.1) is 0 Å². The van der Waals surface area contributed by atoms with E-state index in [4.69, 9.17) is 25.8 Å². The third-order valence-corrected chi connectivity index (χ3v) is 10.3. The summed E-state index contributed by atoms with van der Waals surface area (Å²) in [7, 11) is 0. The van der Waals surface area contributed by atoms with Gasteiger partial charge in [-0.3, -0.25) is 0 Å². The molecule has 1 aliphatic heterocycles. The Morgan fingerprint density at radius 2 is 1.53 bits per heavy atom. The molecule has 0 amide bonds. The zero-order valence-corrected chi connectivity index (χ0v) is 31.4. The number of hydrogen-bond acceptors (Lipinski definition) is 8. The largest absolute Gasteiger partial charge is 0.493 e. The number of rotatable bonds is 17. The Bertz CT molecular complexity index is 1770. The minimum atomic E-state index is -0.863. The van der Waals surface area contributed by atoms with Crippen molar-refractivity contribution in [3.05, 3.63) is 111 Å². The summed E-state index contributed by atoms with van der Waals surface area (Å²) < 4.78 is 19.0. The lowest BCUT2D eigenvalue weighted by molar-refractivity contribution is 0.103. The van der Waals surface area contributed by atoms with Gasteiger partial charge >= 0.3 is 0 Å². The van der Waals surface area contributed by atoms with Gasteiger partial charge in [0.1, 0.15) is 30.5 Å². The van der Waals surface area contributed by atoms with Crippen LogP contribution in [-0.2, 0) is 19.8 Å². The van der Waals surface area contributed by atoms with Crippen molar-refractivity contribution in [2.75, 3.05) is 39.5 Å². The topological polar surface area (TPSA) is 104 Å². The molecular weight excluding hydrogens is 664 g/mol. The zero-order chi connectivity index (χ0) is 36.5. The first-order chi connectivity index (χ1) is 24.5. The number of aliphatic hydroxyl groups excluding tert-OH is 3. The molecular formula is C42H53ClN2O6. The Morgan fingerprint density at radius 1 is 0.804 bits per heavy atom. The Kier molecular flexibility index (Phi) is 13.4. The summed E-state index contributed by atoms with van der Waals surface area (Å²) in [5.74, 6) is 1.99. The van der Waals surface area contributed by atoms with Gasteiger partial charge in [0.25, 0.3) is 0 Å². The van der Waals surface area contributed by atoms with Crippen molar-refractivity contribution in [3.63, 3.8) is 0 Å². The number of nitrogens with one attached hydrogen (secondary N) is 1. The molecule has 8 nitrogen and oxygen atoms in total. The molecule has 5 rings (SSSR count). The van der Waals surface area contributed by atoms with E-state index in [1.807, 2.05) is 30.3 Å². The average molecular weight is 717 g/mol. The van der Waals surface area contributed by atoms with Gasteiger partial charge in [-0.2, -0.15) is 0 Å². The molecule has 0 bridgehead atoms. The van der Waals surface area contributed by atoms with E-state index in [2.05, 4.69) is 74.3 Å². The first-order valence-corrected chi connectivity index (χ1v) is 18.2. The number of hydrogen-bond donors (Lipinski definition) is 4. The Morgan fingerprint density at radius 3 is 2.24 bits per heavy atom. The minimum absolute atomic E-state index is 0.201. The molecule has 1 heterocycles. The summed E-state index contributed by atoms with van der Waals surface area (Å²) in [5.41, 5.74) is 8.86. The van der Waals surface area contributed by atoms with Gasteiger partial charge in [0.15, 0.2) is 0 Å². The first kappa shape index (κ1) is 38.6. The number of likely N-dealkylation sites (tertiary alicyclic amines) is 1. The number of ether oxygens (including phenoxy) is 3. The van der Waals surface area contributed by atoms with Gasteiger partial charge in [0.05, 0.1) is 36.5 Å². The molecule has 1 aliphatic rings. The van der Waals surface area contributed by atoms with E-state index >= 15 is 0 Å². The van der Waals surface area contributed by atoms with Crippen LogP contribution in [0.2, 0.25) is 5.02 Å². The second-order valence-corrected chi connectivity index (χ2v) is 14.5. The predicted molar refractivity (Wildman–Crippen MR) is 204 cm³/mol. The van der Waals surface area contributed by atoms with Crippen LogP contribution in [0.15, 0.2) is 66.7 Å². The molecule has 4 N–H and O–H groups in total. The van der Waals surface area contributed by atoms with Crippen molar-refractivity contribution in [3.8, 4) is 28.4 Å². The van der Waals surface area contributed by atoms with Crippen LogP contribution in [0.1, 0.15) is 58.7 Å². The monoisotopic (exact) mass is 716 g/mol. The number of nitrogens with zero attached hydrogens (tertiary/aromatic N) is 1. The summed E-state index contributed by atoms with van der Waals surface area (Å²) in [6, 6.07) is 22.3. The molecule has 9 heteroatoms. The van der Waals surface area contributed by atoms with Crippen molar-refractivity contribution in [2.24, 2.45) is 0 Å². The third-order valence-electron chi connectivity index (χ3n) is 10.0. The third kappa shape index (κ3) is 10.0. The van der Waals surface area contributed by atoms with Gasteiger partial charge in [0.2, 0.25) is 0 Å². The smallest absolute Gasteiger partial charge is 0.142 e. The molecule has 1 unspecified atom stereocenters. The predicted octanol–water partition coefficient (Wildman–Crippen LogP) is 7.07. The maximum absolute atomic E-state index is 9.82. The van der Waals surface area contributed by atoms with Crippen LogP contribution < -0.4 is 19.5 Å². The fraction of sp³-hybridized carbons (Fsp3) is 0.429. The van der Waals surface area contributed by atoms with Crippen LogP contribution in [0.4, 0.5) is 0 Å². The Hall–Kier alpha value is -3.63. The molecule has 0 spiro atoms. The summed E-state index contributed by atoms with van der Waals surface area (Å²) in [4.78, 5) is 2.29. The summed E-state index contributed by atoms with van der Waals surface area (Å²) in [6.07, 6.45) is 1.56. The minimum Gasteiger partial charge on any atom is -0.493 e. The average Bonchev–Trinajstić information content (AvgIpc) is 3.55. The number of halogens is 1. The van der Waals surface area contributed by atoms with Crippen molar-refractivity contribution in [1.29, 1.82) is 0 Å². The normalized spacial score (nSPS) is 15.0. The molecule has 0 radical (unpaired) electrons. The van der Waals surface area contributed by atoms with E-state index in [0.29, 0.717) is 42.9 Å². The molecule has 0 aliphatic carbocycles. The molecule has 4 aromatic rings. The van der Waals surface area contributed by atoms with Crippen molar-refractivity contribution >= 4 is 11.6 Å². The highest BCUT2D eigenvalue weighted by Crippen LogP contribution is 2.36. The van der Waals surface area contributed by atoms with Gasteiger partial charge in [0, 0.05) is 37.8 Å². The van der Waals surface area contributed by atoms with E-state index in [9.17, 15) is 15.3 Å². The molecule has 1 saturated heterocycles. The van der Waals surface area contributed by atoms with E-state index in [1.54, 1.807) is 6.92 Å². The standard InChI is InChI=1S/C42H53ClN2O6/c1-28-13-14-32(19-29(28)2)24-50-40-21-41(38(43)20-34(40)22-44-42(5,26-46)27-47)51-25-33-9-6-10-36(30(33)3)37-11-7-12-39(31(37)4)49-18-8-16-45-17-15-35(48)23-45/h6-7,9-14,19-21,35,44,46-48H,8,15-18,22-27H2,1-5H3. The van der Waals surface area contributed by atoms with Crippen LogP contribution in [0, 0.1) is 27.7 Å². The summed E-state index contributed by atoms with van der Waals surface area (Å²) in [5, 5.41) is 33.1. The number of aliphatic hydroxyl groups is 3. The fourth-order valence-corrected chi connectivity index (χ4v) is 6.56. The lowest BCUT2D eigenvalue weighted by atomic mass is 9.93. The van der Waals surface area contributed by atoms with E-state index in [0.717, 1.165) is 77.2 Å². The van der Waals surface area contributed by atoms with Gasteiger partial charge in [-0.05, 0) is 104 Å². The highest BCUT2D eigenvalue weighted by molar-refractivity contribution is 6.32. The molecule has 0 saturated carbocycles. The maximum Gasteiger partial charge on any atom is 0.142 e. The molecule has 51 heavy (non-hydrogen) atoms. The molecule has 1 atom stereocenters. The fourth-order valence-electron chi connectivity index (χ4n) is 6.32. The summed E-state index contributed by atoms with van der Waals surface area (Å²) >= 11 is 6.81. The Labute approximate surface area is 308 Å². The first-order valence-electron chi connectivity index (χ1n) is 17.8. The van der Waals surface area contributed by atoms with E-state index < -0.39 is 5.54 Å². The quantitative estimate of drug-likeness (QED) is 0.0862. The van der Waals surface area contributed by atoms with Crippen molar-refractivity contribution < 1.29 is 29.5 Å². The second kappa shape index (κ2) is 17.7. The van der Waals surface area contributed by atoms with Crippen LogP contribution in [0.5, 0.6) is 17.2 Å². The number of aryl methyl sites for hydroxylation is 2. The van der Waals surface area contributed by atoms with Crippen molar-refractivity contribution in [2.45, 2.75) is 78.9 Å². The van der Waals surface area contributed by atoms with Gasteiger partial charge in [-0.25, -0.2) is 0 Å². The SMILES string of the molecule is Cc1ccc(COc2cc(OCc3cccc(-c4cccc(OCCCN5CCC(O)C5)c4C)c3C)c(Cl)cc2CNC(C)(CO)CO)cc1C. The van der Waals surface area contributed by atoms with Crippen LogP contribution in [0.25, 0.3) is 11.1 Å². The lowest BCUT2D eigenvalue weighted by Gasteiger charge is -2.27. The van der Waals surface area contributed by atoms with Crippen LogP contribution in [0.3, 0.4) is 0 Å².